The van der Waals surface area contributed by atoms with Crippen molar-refractivity contribution in [1.29, 1.82) is 0 Å². The van der Waals surface area contributed by atoms with E-state index in [1.807, 2.05) is 42.5 Å². The van der Waals surface area contributed by atoms with Crippen LogP contribution in [0.4, 0.5) is 9.59 Å². The molecule has 13 heteroatoms. The Kier molecular flexibility index (Phi) is 15.0. The van der Waals surface area contributed by atoms with Crippen molar-refractivity contribution in [3.8, 4) is 11.5 Å². The van der Waals surface area contributed by atoms with Crippen LogP contribution in [0.25, 0.3) is 0 Å². The molecule has 0 aromatic heterocycles. The Hall–Kier alpha value is -4.43. The molecule has 6 rings (SSSR count). The van der Waals surface area contributed by atoms with Crippen molar-refractivity contribution in [2.75, 3.05) is 40.1 Å². The summed E-state index contributed by atoms with van der Waals surface area (Å²) in [5, 5.41) is 27.4. The van der Waals surface area contributed by atoms with E-state index in [4.69, 9.17) is 33.7 Å². The van der Waals surface area contributed by atoms with Crippen LogP contribution in [0.5, 0.6) is 11.5 Å². The molecule has 310 valence electrons. The minimum absolute atomic E-state index is 0.0102. The number of aliphatic hydroxyl groups excluding tert-OH is 2. The molecule has 0 spiro atoms. The Morgan fingerprint density at radius 2 is 1.86 bits per heavy atom. The van der Waals surface area contributed by atoms with Crippen LogP contribution >= 0.6 is 0 Å². The highest BCUT2D eigenvalue weighted by Crippen LogP contribution is 2.61. The summed E-state index contributed by atoms with van der Waals surface area (Å²) in [5.41, 5.74) is 3.35. The van der Waals surface area contributed by atoms with Gasteiger partial charge in [-0.05, 0) is 86.6 Å². The molecule has 2 aromatic rings. The average molecular weight is 790 g/mol. The van der Waals surface area contributed by atoms with E-state index < -0.39 is 36.2 Å². The number of likely N-dealkylation sites (N-methyl/N-ethyl adjacent to an activating group) is 1. The number of carbonyl (C=O) groups excluding carboxylic acids is 2. The number of nitrogens with one attached hydrogen (secondary N) is 1. The number of fused-ring (bicyclic) bond motifs is 2. The Labute approximate surface area is 336 Å². The monoisotopic (exact) mass is 789 g/mol. The first-order valence-corrected chi connectivity index (χ1v) is 20.6. The first-order chi connectivity index (χ1) is 27.8. The molecule has 1 saturated carbocycles. The van der Waals surface area contributed by atoms with Crippen molar-refractivity contribution >= 4 is 17.9 Å². The molecular weight excluding hydrogens is 730 g/mol. The van der Waals surface area contributed by atoms with Crippen molar-refractivity contribution in [2.45, 2.75) is 102 Å². The van der Waals surface area contributed by atoms with Crippen LogP contribution in [0.3, 0.4) is 0 Å². The van der Waals surface area contributed by atoms with Gasteiger partial charge in [0.25, 0.3) is 0 Å². The number of aliphatic hydroxyl groups is 2. The lowest BCUT2D eigenvalue weighted by Gasteiger charge is -2.59. The summed E-state index contributed by atoms with van der Waals surface area (Å²) >= 11 is 0. The Morgan fingerprint density at radius 3 is 2.58 bits per heavy atom. The second kappa shape index (κ2) is 20.3. The Morgan fingerprint density at radius 1 is 1.07 bits per heavy atom. The summed E-state index contributed by atoms with van der Waals surface area (Å²) in [6.45, 7) is 7.12. The maximum absolute atomic E-state index is 13.6. The van der Waals surface area contributed by atoms with Gasteiger partial charge in [-0.25, -0.2) is 9.59 Å². The number of hydrogen-bond donors (Lipinski definition) is 3. The zero-order valence-electron chi connectivity index (χ0n) is 33.3. The summed E-state index contributed by atoms with van der Waals surface area (Å²) in [4.78, 5) is 34.5. The average Bonchev–Trinajstić information content (AvgIpc) is 3.23. The predicted molar refractivity (Wildman–Crippen MR) is 214 cm³/mol. The molecule has 57 heavy (non-hydrogen) atoms. The molecule has 2 aliphatic heterocycles. The highest BCUT2D eigenvalue weighted by atomic mass is 16.8. The van der Waals surface area contributed by atoms with Gasteiger partial charge in [0, 0.05) is 51.1 Å². The minimum atomic E-state index is -1.42. The van der Waals surface area contributed by atoms with Gasteiger partial charge in [-0.2, -0.15) is 0 Å². The quantitative estimate of drug-likeness (QED) is 0.0800. The zero-order valence-corrected chi connectivity index (χ0v) is 33.3. The number of nitrogens with zero attached hydrogens (tertiary/aromatic N) is 2. The van der Waals surface area contributed by atoms with Crippen molar-refractivity contribution in [3.05, 3.63) is 84.0 Å². The van der Waals surface area contributed by atoms with Crippen LogP contribution in [-0.4, -0.2) is 91.2 Å². The Bertz CT molecular complexity index is 1710. The molecule has 0 radical (unpaired) electrons. The number of benzene rings is 2. The SMILES string of the molecule is C=CCOC12Oc3ccc(OC(=O)NCc4ccccc4)cc3C3C(CCCCO)C(CCCCO)C=C(C(=NOC4CCCCO4)CC1N(C)C(=O)OCC)C32. The lowest BCUT2D eigenvalue weighted by atomic mass is 9.55. The van der Waals surface area contributed by atoms with E-state index in [1.165, 1.54) is 0 Å². The van der Waals surface area contributed by atoms with Crippen molar-refractivity contribution < 1.29 is 48.3 Å². The van der Waals surface area contributed by atoms with Gasteiger partial charge in [0.05, 0.1) is 31.5 Å². The third-order valence-electron chi connectivity index (χ3n) is 11.6. The van der Waals surface area contributed by atoms with Crippen LogP contribution < -0.4 is 14.8 Å². The number of hydrogen-bond acceptors (Lipinski definition) is 11. The fourth-order valence-corrected chi connectivity index (χ4v) is 8.97. The van der Waals surface area contributed by atoms with Crippen LogP contribution in [0.1, 0.15) is 88.2 Å². The third kappa shape index (κ3) is 9.82. The van der Waals surface area contributed by atoms with E-state index >= 15 is 0 Å². The molecule has 7 unspecified atom stereocenters. The minimum Gasteiger partial charge on any atom is -0.459 e. The van der Waals surface area contributed by atoms with E-state index in [-0.39, 0.29) is 50.6 Å². The van der Waals surface area contributed by atoms with Gasteiger partial charge >= 0.3 is 12.2 Å². The molecule has 13 nitrogen and oxygen atoms in total. The second-order valence-electron chi connectivity index (χ2n) is 15.2. The molecule has 4 aliphatic rings. The van der Waals surface area contributed by atoms with E-state index in [0.29, 0.717) is 43.2 Å². The highest BCUT2D eigenvalue weighted by Gasteiger charge is 2.65. The summed E-state index contributed by atoms with van der Waals surface area (Å²) < 4.78 is 31.4. The first kappa shape index (κ1) is 42.2. The maximum atomic E-state index is 13.6. The van der Waals surface area contributed by atoms with E-state index in [2.05, 4.69) is 18.0 Å². The zero-order chi connectivity index (χ0) is 40.2. The largest absolute Gasteiger partial charge is 0.459 e. The fraction of sp³-hybridized carbons (Fsp3) is 0.568. The number of rotatable bonds is 18. The van der Waals surface area contributed by atoms with Crippen LogP contribution in [-0.2, 0) is 25.6 Å². The van der Waals surface area contributed by atoms with Crippen LogP contribution in [0.15, 0.2) is 78.0 Å². The van der Waals surface area contributed by atoms with Gasteiger partial charge in [0.15, 0.2) is 0 Å². The van der Waals surface area contributed by atoms with E-state index in [1.54, 1.807) is 31.0 Å². The summed E-state index contributed by atoms with van der Waals surface area (Å²) in [7, 11) is 1.69. The number of carbonyl (C=O) groups is 2. The molecule has 1 saturated heterocycles. The molecule has 2 heterocycles. The lowest BCUT2D eigenvalue weighted by molar-refractivity contribution is -0.254. The standard InChI is InChI=1S/C44H59N3O10/c1-4-24-54-44-38(47(3)43(51)52-5-2)28-36(46-57-39-19-11-14-25-53-39)34-26-31(17-9-12-22-48)33(18-10-13-23-49)40(41(34)44)35-27-32(20-21-37(35)56-44)55-42(50)45-29-30-15-7-6-8-16-30/h4,6-8,15-16,20-21,26-27,31,33,38-41,48-49H,1,5,9-14,17-19,22-25,28-29H2,2-3H3,(H,45,50). The van der Waals surface area contributed by atoms with Gasteiger partial charge in [0.1, 0.15) is 17.5 Å². The summed E-state index contributed by atoms with van der Waals surface area (Å²) in [6, 6.07) is 14.3. The van der Waals surface area contributed by atoms with Gasteiger partial charge in [-0.1, -0.05) is 60.5 Å². The molecule has 2 aliphatic carbocycles. The van der Waals surface area contributed by atoms with Gasteiger partial charge < -0.3 is 49.0 Å². The summed E-state index contributed by atoms with van der Waals surface area (Å²) in [5.74, 6) is -1.24. The number of oxime groups is 1. The second-order valence-corrected chi connectivity index (χ2v) is 15.2. The Balaban J connectivity index is 1.49. The number of amides is 2. The fourth-order valence-electron chi connectivity index (χ4n) is 8.97. The molecule has 0 bridgehead atoms. The molecule has 2 aromatic carbocycles. The molecular formula is C44H59N3O10. The topological polar surface area (TPSA) is 158 Å². The maximum Gasteiger partial charge on any atom is 0.412 e. The van der Waals surface area contributed by atoms with Gasteiger partial charge in [-0.15, -0.1) is 6.58 Å². The van der Waals surface area contributed by atoms with Crippen molar-refractivity contribution in [2.24, 2.45) is 22.9 Å². The van der Waals surface area contributed by atoms with Crippen LogP contribution in [0, 0.1) is 17.8 Å². The molecule has 2 amide bonds. The van der Waals surface area contributed by atoms with Gasteiger partial charge in [0.2, 0.25) is 12.1 Å². The van der Waals surface area contributed by atoms with Crippen molar-refractivity contribution in [3.63, 3.8) is 0 Å². The first-order valence-electron chi connectivity index (χ1n) is 20.6. The summed E-state index contributed by atoms with van der Waals surface area (Å²) in [6.07, 6.45) is 9.69. The number of ether oxygens (including phenoxy) is 5. The normalized spacial score (nSPS) is 26.9. The van der Waals surface area contributed by atoms with E-state index in [9.17, 15) is 19.8 Å². The molecule has 2 fully saturated rings. The molecule has 3 N–H and O–H groups in total. The lowest BCUT2D eigenvalue weighted by Crippen LogP contribution is -2.69. The van der Waals surface area contributed by atoms with Crippen molar-refractivity contribution in [1.82, 2.24) is 10.2 Å². The van der Waals surface area contributed by atoms with Gasteiger partial charge in [-0.3, -0.25) is 0 Å². The predicted octanol–water partition coefficient (Wildman–Crippen LogP) is 7.22. The number of unbranched alkanes of at least 4 members (excludes halogenated alkanes) is 2. The smallest absolute Gasteiger partial charge is 0.412 e. The van der Waals surface area contributed by atoms with E-state index in [0.717, 1.165) is 61.6 Å². The van der Waals surface area contributed by atoms with Crippen LogP contribution in [0.2, 0.25) is 0 Å². The highest BCUT2D eigenvalue weighted by molar-refractivity contribution is 6.03. The third-order valence-corrected chi connectivity index (χ3v) is 11.6. The molecule has 7 atom stereocenters. The number of allylic oxidation sites excluding steroid dienone is 1.